The van der Waals surface area contributed by atoms with Crippen molar-refractivity contribution in [3.8, 4) is 0 Å². The van der Waals surface area contributed by atoms with E-state index in [4.69, 9.17) is 76.8 Å². The van der Waals surface area contributed by atoms with Gasteiger partial charge in [0.15, 0.2) is 0 Å². The number of nitrogen functional groups attached to an aromatic ring is 2. The highest BCUT2D eigenvalue weighted by Crippen LogP contribution is 2.30. The molecule has 0 aliphatic carbocycles. The molecular weight excluding hydrogens is 794 g/mol. The number of halogens is 4. The molecule has 0 unspecified atom stereocenters. The lowest BCUT2D eigenvalue weighted by Crippen LogP contribution is -2.45. The lowest BCUT2D eigenvalue weighted by atomic mass is 10.2. The van der Waals surface area contributed by atoms with Gasteiger partial charge in [-0.1, -0.05) is 60.3 Å². The minimum Gasteiger partial charge on any atom is -0.443 e. The first-order valence-electron chi connectivity index (χ1n) is 17.8. The quantitative estimate of drug-likeness (QED) is 0.239. The van der Waals surface area contributed by atoms with E-state index in [-0.39, 0.29) is 16.9 Å². The van der Waals surface area contributed by atoms with E-state index in [9.17, 15) is 9.59 Å². The van der Waals surface area contributed by atoms with Gasteiger partial charge in [-0.05, 0) is 73.6 Å². The SMILES string of the molecule is CC.C[C@@H]1COCCN1c1cc(N(C(=O)OC(C)(C)C)C(=O)OC(C)(C)C)cc(Cl)n1.C[C@@H]1COCCN1c1cc(N)cc(Cl)n1.Nc1cc(Cl)nc(Cl)c1. The number of ether oxygens (including phenoxy) is 4. The number of pyridine rings is 3. The van der Waals surface area contributed by atoms with E-state index in [1.165, 1.54) is 18.2 Å². The molecule has 0 bridgehead atoms. The second-order valence-electron chi connectivity index (χ2n) is 14.2. The van der Waals surface area contributed by atoms with Crippen LogP contribution in [-0.2, 0) is 18.9 Å². The number of anilines is 5. The summed E-state index contributed by atoms with van der Waals surface area (Å²) >= 11 is 23.1. The van der Waals surface area contributed by atoms with Crippen LogP contribution in [-0.4, -0.2) is 89.9 Å². The van der Waals surface area contributed by atoms with Crippen LogP contribution < -0.4 is 26.2 Å². The Morgan fingerprint density at radius 2 is 1.04 bits per heavy atom. The Bertz CT molecular complexity index is 1610. The fourth-order valence-corrected chi connectivity index (χ4v) is 5.80. The van der Waals surface area contributed by atoms with Gasteiger partial charge in [0.05, 0.1) is 44.2 Å². The molecule has 2 atom stereocenters. The van der Waals surface area contributed by atoms with Crippen molar-refractivity contribution < 1.29 is 28.5 Å². The van der Waals surface area contributed by atoms with E-state index >= 15 is 0 Å². The van der Waals surface area contributed by atoms with E-state index < -0.39 is 23.4 Å². The first-order chi connectivity index (χ1) is 25.6. The van der Waals surface area contributed by atoms with Crippen molar-refractivity contribution >= 4 is 87.3 Å². The van der Waals surface area contributed by atoms with Gasteiger partial charge in [0.2, 0.25) is 0 Å². The van der Waals surface area contributed by atoms with Crippen molar-refractivity contribution in [3.63, 3.8) is 0 Å². The number of nitrogens with two attached hydrogens (primary N) is 2. The Labute approximate surface area is 344 Å². The predicted molar refractivity (Wildman–Crippen MR) is 223 cm³/mol. The van der Waals surface area contributed by atoms with Crippen LogP contribution in [0.5, 0.6) is 0 Å². The average molecular weight is 849 g/mol. The van der Waals surface area contributed by atoms with Crippen molar-refractivity contribution in [2.75, 3.05) is 65.7 Å². The maximum Gasteiger partial charge on any atom is 0.424 e. The maximum absolute atomic E-state index is 12.9. The normalized spacial score (nSPS) is 16.9. The molecule has 5 rings (SSSR count). The molecule has 0 spiro atoms. The topological polar surface area (TPSA) is 171 Å². The van der Waals surface area contributed by atoms with Gasteiger partial charge in [-0.15, -0.1) is 0 Å². The summed E-state index contributed by atoms with van der Waals surface area (Å²) in [5.74, 6) is 1.37. The zero-order valence-corrected chi connectivity index (χ0v) is 36.2. The number of carbonyl (C=O) groups excluding carboxylic acids is 2. The summed E-state index contributed by atoms with van der Waals surface area (Å²) in [5.41, 5.74) is 10.9. The highest BCUT2D eigenvalue weighted by Gasteiger charge is 2.34. The molecule has 2 fully saturated rings. The summed E-state index contributed by atoms with van der Waals surface area (Å²) < 4.78 is 21.7. The van der Waals surface area contributed by atoms with Gasteiger partial charge in [-0.25, -0.2) is 24.5 Å². The van der Waals surface area contributed by atoms with Gasteiger partial charge in [0.1, 0.15) is 43.5 Å². The molecule has 0 radical (unpaired) electrons. The zero-order valence-electron chi connectivity index (χ0n) is 33.2. The third-order valence-electron chi connectivity index (χ3n) is 7.09. The van der Waals surface area contributed by atoms with Crippen LogP contribution >= 0.6 is 46.4 Å². The largest absolute Gasteiger partial charge is 0.443 e. The minimum atomic E-state index is -0.852. The molecule has 2 aliphatic heterocycles. The number of rotatable bonds is 3. The molecule has 2 saturated heterocycles. The molecule has 18 heteroatoms. The number of aromatic nitrogens is 3. The number of hydrogen-bond donors (Lipinski definition) is 2. The molecule has 2 aliphatic rings. The Kier molecular flexibility index (Phi) is 18.8. The van der Waals surface area contributed by atoms with Crippen LogP contribution in [0.25, 0.3) is 0 Å². The van der Waals surface area contributed by atoms with Crippen LogP contribution in [0.15, 0.2) is 36.4 Å². The van der Waals surface area contributed by atoms with E-state index in [0.717, 1.165) is 23.9 Å². The van der Waals surface area contributed by atoms with E-state index in [1.807, 2.05) is 31.7 Å². The number of hydrogen-bond acceptors (Lipinski definition) is 13. The zero-order chi connectivity index (χ0) is 41.7. The van der Waals surface area contributed by atoms with Crippen LogP contribution in [0.3, 0.4) is 0 Å². The minimum absolute atomic E-state index is 0.0686. The summed E-state index contributed by atoms with van der Waals surface area (Å²) in [4.78, 5) is 43.0. The highest BCUT2D eigenvalue weighted by molar-refractivity contribution is 6.32. The van der Waals surface area contributed by atoms with E-state index in [2.05, 4.69) is 26.8 Å². The third-order valence-corrected chi connectivity index (χ3v) is 7.86. The van der Waals surface area contributed by atoms with Gasteiger partial charge in [0, 0.05) is 42.7 Å². The molecule has 14 nitrogen and oxygen atoms in total. The van der Waals surface area contributed by atoms with Crippen LogP contribution in [0.1, 0.15) is 69.2 Å². The first-order valence-corrected chi connectivity index (χ1v) is 19.3. The molecule has 0 saturated carbocycles. The third kappa shape index (κ3) is 16.6. The second-order valence-corrected chi connectivity index (χ2v) is 15.7. The summed E-state index contributed by atoms with van der Waals surface area (Å²) in [6.45, 7) is 22.4. The van der Waals surface area contributed by atoms with Gasteiger partial charge in [0.25, 0.3) is 0 Å². The first kappa shape index (κ1) is 47.6. The van der Waals surface area contributed by atoms with Crippen molar-refractivity contribution in [2.24, 2.45) is 0 Å². The number of amides is 2. The molecular formula is C37H54Cl4N8O6. The predicted octanol–water partition coefficient (Wildman–Crippen LogP) is 9.18. The molecule has 0 aromatic carbocycles. The van der Waals surface area contributed by atoms with Gasteiger partial charge in [-0.2, -0.15) is 4.90 Å². The fourth-order valence-electron chi connectivity index (χ4n) is 4.91. The molecule has 4 N–H and O–H groups in total. The van der Waals surface area contributed by atoms with Crippen LogP contribution in [0.4, 0.5) is 38.3 Å². The summed E-state index contributed by atoms with van der Waals surface area (Å²) in [6, 6.07) is 10.00. The van der Waals surface area contributed by atoms with E-state index in [0.29, 0.717) is 65.1 Å². The molecule has 2 amide bonds. The monoisotopic (exact) mass is 846 g/mol. The Morgan fingerprint density at radius 3 is 1.40 bits per heavy atom. The van der Waals surface area contributed by atoms with E-state index in [1.54, 1.807) is 53.7 Å². The number of nitrogens with zero attached hydrogens (tertiary/aromatic N) is 6. The Balaban J connectivity index is 0.000000330. The molecule has 3 aromatic heterocycles. The molecule has 55 heavy (non-hydrogen) atoms. The van der Waals surface area contributed by atoms with Crippen molar-refractivity contribution in [3.05, 3.63) is 57.0 Å². The smallest absolute Gasteiger partial charge is 0.424 e. The Hall–Kier alpha value is -3.53. The van der Waals surface area contributed by atoms with Crippen LogP contribution in [0, 0.1) is 0 Å². The van der Waals surface area contributed by atoms with Gasteiger partial charge < -0.3 is 40.2 Å². The summed E-state index contributed by atoms with van der Waals surface area (Å²) in [5, 5.41) is 1.22. The lowest BCUT2D eigenvalue weighted by Gasteiger charge is -2.35. The fraction of sp³-hybridized carbons (Fsp3) is 0.541. The standard InChI is InChI=1S/C20H30ClN3O5.C10H14ClN3O.C5H4Cl2N2.C2H6/c1-13-12-27-9-8-23(13)16-11-14(10-15(21)22-16)24(17(25)28-19(2,3)4)18(26)29-20(5,6)7;1-7-6-15-3-2-14(7)10-5-8(12)4-9(11)13-10;6-4-1-3(8)2-5(7)9-4;1-2/h10-11,13H,8-9,12H2,1-7H3;4-5,7H,2-3,6H2,1H3,(H2,12,13);1-2H,(H2,8,9);1-2H3/t13-;7-;;/m11../s1. The second kappa shape index (κ2) is 21.7. The molecule has 306 valence electrons. The van der Waals surface area contributed by atoms with Crippen LogP contribution in [0.2, 0.25) is 20.6 Å². The Morgan fingerprint density at radius 1 is 0.673 bits per heavy atom. The van der Waals surface area contributed by atoms with Gasteiger partial charge in [-0.3, -0.25) is 0 Å². The molecule has 5 heterocycles. The van der Waals surface area contributed by atoms with Crippen molar-refractivity contribution in [1.29, 1.82) is 0 Å². The summed E-state index contributed by atoms with van der Waals surface area (Å²) in [6.07, 6.45) is -1.70. The summed E-state index contributed by atoms with van der Waals surface area (Å²) in [7, 11) is 0. The highest BCUT2D eigenvalue weighted by atomic mass is 35.5. The number of imide groups is 1. The maximum atomic E-state index is 12.9. The van der Waals surface area contributed by atoms with Crippen molar-refractivity contribution in [2.45, 2.75) is 92.5 Å². The lowest BCUT2D eigenvalue weighted by molar-refractivity contribution is 0.0430. The van der Waals surface area contributed by atoms with Crippen molar-refractivity contribution in [1.82, 2.24) is 15.0 Å². The number of morpholine rings is 2. The van der Waals surface area contributed by atoms with Gasteiger partial charge >= 0.3 is 12.2 Å². The average Bonchev–Trinajstić information content (AvgIpc) is 3.04. The number of carbonyl (C=O) groups is 2. The molecule has 3 aromatic rings.